The first-order valence-electron chi connectivity index (χ1n) is 5.44. The van der Waals surface area contributed by atoms with Crippen LogP contribution >= 0.6 is 46.4 Å². The first kappa shape index (κ1) is 15.7. The van der Waals surface area contributed by atoms with E-state index in [9.17, 15) is 5.11 Å². The van der Waals surface area contributed by atoms with Gasteiger partial charge in [0.2, 0.25) is 0 Å². The topological polar surface area (TPSA) is 55.5 Å². The molecular formula is C13H9Cl4NO2. The highest BCUT2D eigenvalue weighted by Gasteiger charge is 2.27. The summed E-state index contributed by atoms with van der Waals surface area (Å²) in [5.41, 5.74) is 0.849. The van der Waals surface area contributed by atoms with Crippen molar-refractivity contribution < 1.29 is 9.94 Å². The van der Waals surface area contributed by atoms with E-state index in [1.54, 1.807) is 24.3 Å². The standard InChI is InChI=1S/C13H9Cl4NO2/c14-8-7(12(19)11(17)10(16)9(8)15)13(20-18)6-4-2-1-3-5-6/h1-5,13,19H,18H2. The molecule has 0 bridgehead atoms. The van der Waals surface area contributed by atoms with Crippen molar-refractivity contribution in [1.29, 1.82) is 0 Å². The van der Waals surface area contributed by atoms with Crippen LogP contribution in [0, 0.1) is 0 Å². The van der Waals surface area contributed by atoms with Gasteiger partial charge >= 0.3 is 0 Å². The second kappa shape index (κ2) is 6.39. The summed E-state index contributed by atoms with van der Waals surface area (Å²) in [6, 6.07) is 8.96. The summed E-state index contributed by atoms with van der Waals surface area (Å²) >= 11 is 23.9. The van der Waals surface area contributed by atoms with Crippen molar-refractivity contribution in [2.24, 2.45) is 5.90 Å². The Morgan fingerprint density at radius 2 is 1.45 bits per heavy atom. The molecule has 2 rings (SSSR count). The largest absolute Gasteiger partial charge is 0.506 e. The molecule has 0 fully saturated rings. The minimum Gasteiger partial charge on any atom is -0.506 e. The molecule has 0 heterocycles. The summed E-state index contributed by atoms with van der Waals surface area (Å²) < 4.78 is 0. The summed E-state index contributed by atoms with van der Waals surface area (Å²) in [6.07, 6.45) is -0.823. The van der Waals surface area contributed by atoms with Gasteiger partial charge in [0.1, 0.15) is 16.9 Å². The van der Waals surface area contributed by atoms with Gasteiger partial charge in [-0.25, -0.2) is 5.90 Å². The lowest BCUT2D eigenvalue weighted by Crippen LogP contribution is -2.12. The predicted molar refractivity (Wildman–Crippen MR) is 81.7 cm³/mol. The smallest absolute Gasteiger partial charge is 0.143 e. The molecule has 0 aliphatic heterocycles. The van der Waals surface area contributed by atoms with Gasteiger partial charge in [0.05, 0.1) is 20.6 Å². The van der Waals surface area contributed by atoms with Crippen LogP contribution < -0.4 is 5.90 Å². The average Bonchev–Trinajstić information content (AvgIpc) is 2.48. The maximum Gasteiger partial charge on any atom is 0.143 e. The minimum absolute atomic E-state index is 0.0246. The molecule has 20 heavy (non-hydrogen) atoms. The third kappa shape index (κ3) is 2.70. The SMILES string of the molecule is NOC(c1ccccc1)c1c(O)c(Cl)c(Cl)c(Cl)c1Cl. The molecule has 0 aliphatic rings. The van der Waals surface area contributed by atoms with Gasteiger partial charge in [-0.1, -0.05) is 76.7 Å². The van der Waals surface area contributed by atoms with E-state index in [1.807, 2.05) is 6.07 Å². The van der Waals surface area contributed by atoms with Crippen molar-refractivity contribution in [3.05, 3.63) is 61.5 Å². The van der Waals surface area contributed by atoms with E-state index >= 15 is 0 Å². The van der Waals surface area contributed by atoms with Crippen molar-refractivity contribution in [2.45, 2.75) is 6.10 Å². The highest BCUT2D eigenvalue weighted by atomic mass is 35.5. The molecule has 0 spiro atoms. The molecule has 0 saturated carbocycles. The van der Waals surface area contributed by atoms with Crippen molar-refractivity contribution in [3.8, 4) is 5.75 Å². The predicted octanol–water partition coefficient (Wildman–Crippen LogP) is 4.99. The van der Waals surface area contributed by atoms with Gasteiger partial charge in [-0.3, -0.25) is 4.84 Å². The molecule has 0 aromatic heterocycles. The lowest BCUT2D eigenvalue weighted by molar-refractivity contribution is 0.0796. The maximum absolute atomic E-state index is 10.2. The van der Waals surface area contributed by atoms with Crippen LogP contribution in [0.2, 0.25) is 20.1 Å². The molecule has 1 unspecified atom stereocenters. The Kier molecular flexibility index (Phi) is 5.02. The van der Waals surface area contributed by atoms with E-state index in [1.165, 1.54) is 0 Å². The molecule has 0 amide bonds. The zero-order valence-corrected chi connectivity index (χ0v) is 12.9. The quantitative estimate of drug-likeness (QED) is 0.465. The number of hydrogen-bond donors (Lipinski definition) is 2. The number of rotatable bonds is 3. The number of phenols is 1. The van der Waals surface area contributed by atoms with Gasteiger partial charge in [-0.2, -0.15) is 0 Å². The van der Waals surface area contributed by atoms with Gasteiger partial charge in [0.15, 0.2) is 0 Å². The summed E-state index contributed by atoms with van der Waals surface area (Å²) in [7, 11) is 0. The van der Waals surface area contributed by atoms with E-state index in [-0.39, 0.29) is 31.4 Å². The summed E-state index contributed by atoms with van der Waals surface area (Å²) in [6.45, 7) is 0. The molecule has 2 aromatic rings. The summed E-state index contributed by atoms with van der Waals surface area (Å²) in [4.78, 5) is 4.93. The van der Waals surface area contributed by atoms with E-state index < -0.39 is 6.10 Å². The Morgan fingerprint density at radius 3 is 2.00 bits per heavy atom. The van der Waals surface area contributed by atoms with Gasteiger partial charge < -0.3 is 5.11 Å². The Balaban J connectivity index is 2.68. The van der Waals surface area contributed by atoms with Crippen LogP contribution in [0.5, 0.6) is 5.75 Å². The van der Waals surface area contributed by atoms with Crippen molar-refractivity contribution in [2.75, 3.05) is 0 Å². The lowest BCUT2D eigenvalue weighted by Gasteiger charge is -2.20. The molecule has 0 radical (unpaired) electrons. The highest BCUT2D eigenvalue weighted by Crippen LogP contribution is 2.48. The van der Waals surface area contributed by atoms with Crippen LogP contribution in [0.3, 0.4) is 0 Å². The third-order valence-electron chi connectivity index (χ3n) is 2.78. The molecule has 0 saturated heterocycles. The van der Waals surface area contributed by atoms with Crippen LogP contribution in [0.25, 0.3) is 0 Å². The van der Waals surface area contributed by atoms with Crippen LogP contribution in [-0.4, -0.2) is 5.11 Å². The molecule has 1 atom stereocenters. The average molecular weight is 353 g/mol. The Morgan fingerprint density at radius 1 is 0.900 bits per heavy atom. The number of halogens is 4. The van der Waals surface area contributed by atoms with Gasteiger partial charge in [-0.15, -0.1) is 0 Å². The molecule has 7 heteroatoms. The first-order chi connectivity index (χ1) is 9.49. The second-order valence-electron chi connectivity index (χ2n) is 3.95. The number of phenolic OH excluding ortho intramolecular Hbond substituents is 1. The van der Waals surface area contributed by atoms with Crippen LogP contribution in [0.15, 0.2) is 30.3 Å². The normalized spacial score (nSPS) is 12.4. The van der Waals surface area contributed by atoms with Crippen molar-refractivity contribution >= 4 is 46.4 Å². The summed E-state index contributed by atoms with van der Waals surface area (Å²) in [5, 5.41) is 10.1. The lowest BCUT2D eigenvalue weighted by atomic mass is 10.0. The zero-order chi connectivity index (χ0) is 14.9. The molecule has 2 aromatic carbocycles. The third-order valence-corrected chi connectivity index (χ3v) is 4.58. The Hall–Kier alpha value is -0.680. The van der Waals surface area contributed by atoms with Crippen LogP contribution in [0.1, 0.15) is 17.2 Å². The first-order valence-corrected chi connectivity index (χ1v) is 6.95. The monoisotopic (exact) mass is 351 g/mol. The maximum atomic E-state index is 10.2. The van der Waals surface area contributed by atoms with Crippen LogP contribution in [-0.2, 0) is 4.84 Å². The number of nitrogens with two attached hydrogens (primary N) is 1. The molecule has 3 nitrogen and oxygen atoms in total. The number of hydrogen-bond acceptors (Lipinski definition) is 3. The van der Waals surface area contributed by atoms with E-state index in [4.69, 9.17) is 57.1 Å². The van der Waals surface area contributed by atoms with Gasteiger partial charge in [0.25, 0.3) is 0 Å². The molecule has 0 aliphatic carbocycles. The fourth-order valence-electron chi connectivity index (χ4n) is 1.82. The summed E-state index contributed by atoms with van der Waals surface area (Å²) in [5.74, 6) is 5.01. The minimum atomic E-state index is -0.823. The Bertz CT molecular complexity index is 605. The van der Waals surface area contributed by atoms with E-state index in [2.05, 4.69) is 0 Å². The number of benzene rings is 2. The molecular weight excluding hydrogens is 344 g/mol. The molecule has 3 N–H and O–H groups in total. The van der Waals surface area contributed by atoms with Gasteiger partial charge in [0, 0.05) is 0 Å². The molecule has 106 valence electrons. The fraction of sp³-hybridized carbons (Fsp3) is 0.0769. The number of aromatic hydroxyl groups is 1. The second-order valence-corrected chi connectivity index (χ2v) is 5.46. The van der Waals surface area contributed by atoms with Crippen LogP contribution in [0.4, 0.5) is 0 Å². The van der Waals surface area contributed by atoms with E-state index in [0.29, 0.717) is 5.56 Å². The van der Waals surface area contributed by atoms with Crippen molar-refractivity contribution in [1.82, 2.24) is 0 Å². The van der Waals surface area contributed by atoms with Gasteiger partial charge in [-0.05, 0) is 5.56 Å². The van der Waals surface area contributed by atoms with E-state index in [0.717, 1.165) is 0 Å². The highest BCUT2D eigenvalue weighted by molar-refractivity contribution is 6.52. The zero-order valence-electron chi connectivity index (χ0n) is 9.91. The Labute approximate surface area is 135 Å². The fourth-order valence-corrected chi connectivity index (χ4v) is 2.77. The van der Waals surface area contributed by atoms with Crippen molar-refractivity contribution in [3.63, 3.8) is 0 Å².